The maximum atomic E-state index is 5.90. The average Bonchev–Trinajstić information content (AvgIpc) is 3.24. The molecule has 5 heteroatoms. The normalized spacial score (nSPS) is 12.5. The van der Waals surface area contributed by atoms with Gasteiger partial charge in [0.1, 0.15) is 11.5 Å². The van der Waals surface area contributed by atoms with E-state index in [-0.39, 0.29) is 0 Å². The third-order valence-corrected chi connectivity index (χ3v) is 5.29. The maximum Gasteiger partial charge on any atom is 0.230 e. The molecule has 24 heavy (non-hydrogen) atoms. The highest BCUT2D eigenvalue weighted by molar-refractivity contribution is 7.10. The second-order valence-corrected chi connectivity index (χ2v) is 6.81. The van der Waals surface area contributed by atoms with Gasteiger partial charge in [-0.1, -0.05) is 18.2 Å². The average molecular weight is 342 g/mol. The van der Waals surface area contributed by atoms with Gasteiger partial charge in [0, 0.05) is 17.5 Å². The quantitative estimate of drug-likeness (QED) is 0.638. The molecule has 3 aromatic rings. The highest BCUT2D eigenvalue weighted by Gasteiger charge is 2.19. The molecule has 0 radical (unpaired) electrons. The standard InChI is InChI=1S/C19H22N2O2S/c1-13(18-10-7-11-24-18)21(3)12-16-14(2)23-19(20-16)15-8-5-6-9-17(15)22-4/h5-11,13H,12H2,1-4H3/t13-/m1/s1. The van der Waals surface area contributed by atoms with E-state index in [9.17, 15) is 0 Å². The molecular weight excluding hydrogens is 320 g/mol. The Labute approximate surface area is 146 Å². The Bertz CT molecular complexity index is 796. The zero-order chi connectivity index (χ0) is 17.1. The van der Waals surface area contributed by atoms with E-state index in [1.165, 1.54) is 4.88 Å². The molecule has 0 aliphatic rings. The van der Waals surface area contributed by atoms with Gasteiger partial charge in [-0.05, 0) is 44.5 Å². The van der Waals surface area contributed by atoms with Crippen LogP contribution in [0.1, 0.15) is 29.3 Å². The number of oxazole rings is 1. The summed E-state index contributed by atoms with van der Waals surface area (Å²) in [7, 11) is 3.77. The number of ether oxygens (including phenoxy) is 1. The minimum Gasteiger partial charge on any atom is -0.496 e. The zero-order valence-corrected chi connectivity index (χ0v) is 15.3. The summed E-state index contributed by atoms with van der Waals surface area (Å²) < 4.78 is 11.3. The molecule has 4 nitrogen and oxygen atoms in total. The Morgan fingerprint density at radius 3 is 2.75 bits per heavy atom. The highest BCUT2D eigenvalue weighted by Crippen LogP contribution is 2.31. The summed E-state index contributed by atoms with van der Waals surface area (Å²) in [5.74, 6) is 2.23. The number of nitrogens with zero attached hydrogens (tertiary/aromatic N) is 2. The number of methoxy groups -OCH3 is 1. The lowest BCUT2D eigenvalue weighted by Crippen LogP contribution is -2.21. The van der Waals surface area contributed by atoms with Crippen molar-refractivity contribution in [2.75, 3.05) is 14.2 Å². The molecule has 0 saturated heterocycles. The van der Waals surface area contributed by atoms with E-state index in [0.717, 1.165) is 29.3 Å². The largest absolute Gasteiger partial charge is 0.496 e. The lowest BCUT2D eigenvalue weighted by atomic mass is 10.2. The van der Waals surface area contributed by atoms with Crippen LogP contribution in [0.5, 0.6) is 5.75 Å². The molecule has 0 fully saturated rings. The van der Waals surface area contributed by atoms with Gasteiger partial charge in [0.25, 0.3) is 0 Å². The third-order valence-electron chi connectivity index (χ3n) is 4.25. The number of aromatic nitrogens is 1. The van der Waals surface area contributed by atoms with E-state index in [1.807, 2.05) is 31.2 Å². The van der Waals surface area contributed by atoms with Gasteiger partial charge < -0.3 is 9.15 Å². The second kappa shape index (κ2) is 7.20. The predicted molar refractivity (Wildman–Crippen MR) is 97.4 cm³/mol. The van der Waals surface area contributed by atoms with Crippen LogP contribution in [0.15, 0.2) is 46.2 Å². The molecule has 2 heterocycles. The van der Waals surface area contributed by atoms with Gasteiger partial charge >= 0.3 is 0 Å². The lowest BCUT2D eigenvalue weighted by molar-refractivity contribution is 0.252. The molecule has 126 valence electrons. The van der Waals surface area contributed by atoms with E-state index in [1.54, 1.807) is 18.4 Å². The number of thiophene rings is 1. The summed E-state index contributed by atoms with van der Waals surface area (Å²) in [6.45, 7) is 4.91. The number of hydrogen-bond acceptors (Lipinski definition) is 5. The molecule has 0 N–H and O–H groups in total. The number of benzene rings is 1. The molecule has 0 bridgehead atoms. The summed E-state index contributed by atoms with van der Waals surface area (Å²) in [5.41, 5.74) is 1.84. The van der Waals surface area contributed by atoms with Crippen molar-refractivity contribution in [3.05, 3.63) is 58.1 Å². The summed E-state index contributed by atoms with van der Waals surface area (Å²) in [6, 6.07) is 12.4. The van der Waals surface area contributed by atoms with Crippen molar-refractivity contribution in [3.63, 3.8) is 0 Å². The molecule has 0 aliphatic heterocycles. The maximum absolute atomic E-state index is 5.90. The molecule has 1 atom stereocenters. The number of hydrogen-bond donors (Lipinski definition) is 0. The first-order valence-electron chi connectivity index (χ1n) is 7.93. The lowest BCUT2D eigenvalue weighted by Gasteiger charge is -2.22. The fourth-order valence-electron chi connectivity index (χ4n) is 2.63. The zero-order valence-electron chi connectivity index (χ0n) is 14.4. The Balaban J connectivity index is 1.82. The molecule has 1 aromatic carbocycles. The molecule has 0 unspecified atom stereocenters. The Morgan fingerprint density at radius 1 is 1.25 bits per heavy atom. The number of rotatable bonds is 6. The third kappa shape index (κ3) is 3.37. The van der Waals surface area contributed by atoms with E-state index in [2.05, 4.69) is 36.4 Å². The van der Waals surface area contributed by atoms with Gasteiger partial charge in [0.2, 0.25) is 5.89 Å². The van der Waals surface area contributed by atoms with Crippen LogP contribution >= 0.6 is 11.3 Å². The van der Waals surface area contributed by atoms with Crippen molar-refractivity contribution < 1.29 is 9.15 Å². The van der Waals surface area contributed by atoms with Crippen LogP contribution in [0.2, 0.25) is 0 Å². The smallest absolute Gasteiger partial charge is 0.230 e. The first-order chi connectivity index (χ1) is 11.6. The monoisotopic (exact) mass is 342 g/mol. The van der Waals surface area contributed by atoms with Gasteiger partial charge in [0.15, 0.2) is 0 Å². The Kier molecular flexibility index (Phi) is 5.02. The minimum absolute atomic E-state index is 0.343. The van der Waals surface area contributed by atoms with Crippen LogP contribution in [0.25, 0.3) is 11.5 Å². The van der Waals surface area contributed by atoms with E-state index in [4.69, 9.17) is 14.1 Å². The van der Waals surface area contributed by atoms with E-state index >= 15 is 0 Å². The predicted octanol–water partition coefficient (Wildman–Crippen LogP) is 4.91. The fourth-order valence-corrected chi connectivity index (χ4v) is 3.48. The Morgan fingerprint density at radius 2 is 2.04 bits per heavy atom. The van der Waals surface area contributed by atoms with Crippen molar-refractivity contribution in [1.29, 1.82) is 0 Å². The number of para-hydroxylation sites is 1. The van der Waals surface area contributed by atoms with Gasteiger partial charge in [-0.2, -0.15) is 0 Å². The van der Waals surface area contributed by atoms with Crippen molar-refractivity contribution >= 4 is 11.3 Å². The summed E-state index contributed by atoms with van der Waals surface area (Å²) in [5, 5.41) is 2.11. The fraction of sp³-hybridized carbons (Fsp3) is 0.316. The van der Waals surface area contributed by atoms with Crippen LogP contribution in [-0.4, -0.2) is 24.0 Å². The van der Waals surface area contributed by atoms with Crippen LogP contribution in [0, 0.1) is 6.92 Å². The van der Waals surface area contributed by atoms with Crippen LogP contribution < -0.4 is 4.74 Å². The molecular formula is C19H22N2O2S. The van der Waals surface area contributed by atoms with Gasteiger partial charge in [-0.3, -0.25) is 4.90 Å². The second-order valence-electron chi connectivity index (χ2n) is 5.83. The molecule has 0 spiro atoms. The topological polar surface area (TPSA) is 38.5 Å². The van der Waals surface area contributed by atoms with Gasteiger partial charge in [0.05, 0.1) is 18.4 Å². The summed E-state index contributed by atoms with van der Waals surface area (Å²) >= 11 is 1.78. The molecule has 0 saturated carbocycles. The van der Waals surface area contributed by atoms with Crippen LogP contribution in [0.4, 0.5) is 0 Å². The molecule has 2 aromatic heterocycles. The first-order valence-corrected chi connectivity index (χ1v) is 8.81. The summed E-state index contributed by atoms with van der Waals surface area (Å²) in [4.78, 5) is 8.34. The SMILES string of the molecule is COc1ccccc1-c1nc(CN(C)[C@H](C)c2cccs2)c(C)o1. The van der Waals surface area contributed by atoms with E-state index < -0.39 is 0 Å². The minimum atomic E-state index is 0.343. The van der Waals surface area contributed by atoms with Crippen molar-refractivity contribution in [2.24, 2.45) is 0 Å². The molecule has 0 aliphatic carbocycles. The Hall–Kier alpha value is -2.11. The summed E-state index contributed by atoms with van der Waals surface area (Å²) in [6.07, 6.45) is 0. The van der Waals surface area contributed by atoms with Crippen molar-refractivity contribution in [2.45, 2.75) is 26.4 Å². The molecule has 3 rings (SSSR count). The van der Waals surface area contributed by atoms with Gasteiger partial charge in [-0.15, -0.1) is 11.3 Å². The van der Waals surface area contributed by atoms with E-state index in [0.29, 0.717) is 11.9 Å². The highest BCUT2D eigenvalue weighted by atomic mass is 32.1. The number of aryl methyl sites for hydroxylation is 1. The first kappa shape index (κ1) is 16.7. The van der Waals surface area contributed by atoms with Crippen LogP contribution in [-0.2, 0) is 6.54 Å². The van der Waals surface area contributed by atoms with Gasteiger partial charge in [-0.25, -0.2) is 4.98 Å². The van der Waals surface area contributed by atoms with Crippen molar-refractivity contribution in [3.8, 4) is 17.2 Å². The molecule has 0 amide bonds. The van der Waals surface area contributed by atoms with Crippen molar-refractivity contribution in [1.82, 2.24) is 9.88 Å². The van der Waals surface area contributed by atoms with Crippen LogP contribution in [0.3, 0.4) is 0 Å².